The lowest BCUT2D eigenvalue weighted by atomic mass is 10.1. The maximum Gasteiger partial charge on any atom is 0.224 e. The third-order valence-corrected chi connectivity index (χ3v) is 3.83. The molecule has 102 valence electrons. The summed E-state index contributed by atoms with van der Waals surface area (Å²) < 4.78 is 0. The molecule has 1 unspecified atom stereocenters. The molecule has 0 bridgehead atoms. The first-order chi connectivity index (χ1) is 9.59. The molecule has 4 nitrogen and oxygen atoms in total. The lowest BCUT2D eigenvalue weighted by Crippen LogP contribution is -2.42. The zero-order chi connectivity index (χ0) is 14.3. The Bertz CT molecular complexity index is 656. The maximum absolute atomic E-state index is 5.97. The van der Waals surface area contributed by atoms with Gasteiger partial charge in [0.15, 0.2) is 5.82 Å². The summed E-state index contributed by atoms with van der Waals surface area (Å²) in [4.78, 5) is 12.6. The number of anilines is 3. The molecule has 1 aliphatic rings. The second-order valence-corrected chi connectivity index (χ2v) is 5.12. The van der Waals surface area contributed by atoms with E-state index in [-0.39, 0.29) is 11.3 Å². The van der Waals surface area contributed by atoms with E-state index in [2.05, 4.69) is 40.5 Å². The van der Waals surface area contributed by atoms with Crippen molar-refractivity contribution in [2.75, 3.05) is 16.8 Å². The van der Waals surface area contributed by atoms with Crippen molar-refractivity contribution in [1.82, 2.24) is 9.97 Å². The number of halogens is 1. The average molecular weight is 287 g/mol. The number of aromatic nitrogens is 2. The molecule has 5 heteroatoms. The van der Waals surface area contributed by atoms with Gasteiger partial charge in [-0.1, -0.05) is 24.8 Å². The van der Waals surface area contributed by atoms with Crippen LogP contribution in [0.2, 0.25) is 5.28 Å². The minimum Gasteiger partial charge on any atom is -0.342 e. The molecule has 20 heavy (non-hydrogen) atoms. The monoisotopic (exact) mass is 286 g/mol. The average Bonchev–Trinajstić information content (AvgIpc) is 2.46. The predicted molar refractivity (Wildman–Crippen MR) is 82.6 cm³/mol. The van der Waals surface area contributed by atoms with Crippen molar-refractivity contribution in [2.45, 2.75) is 13.0 Å². The van der Waals surface area contributed by atoms with E-state index < -0.39 is 0 Å². The number of benzene rings is 1. The smallest absolute Gasteiger partial charge is 0.224 e. The predicted octanol–water partition coefficient (Wildman–Crippen LogP) is 3.62. The van der Waals surface area contributed by atoms with Gasteiger partial charge in [0.2, 0.25) is 5.28 Å². The minimum absolute atomic E-state index is 0.0980. The van der Waals surface area contributed by atoms with Crippen molar-refractivity contribution in [2.24, 2.45) is 0 Å². The summed E-state index contributed by atoms with van der Waals surface area (Å²) in [6.07, 6.45) is 1.73. The Labute approximate surface area is 123 Å². The fourth-order valence-electron chi connectivity index (χ4n) is 2.46. The van der Waals surface area contributed by atoms with Crippen molar-refractivity contribution in [3.05, 3.63) is 54.1 Å². The van der Waals surface area contributed by atoms with Gasteiger partial charge in [-0.25, -0.2) is 4.98 Å². The number of hydrogen-bond donors (Lipinski definition) is 0. The summed E-state index contributed by atoms with van der Waals surface area (Å²) in [6, 6.07) is 10.2. The van der Waals surface area contributed by atoms with Crippen molar-refractivity contribution in [1.29, 1.82) is 0 Å². The molecule has 0 saturated carbocycles. The Morgan fingerprint density at radius 3 is 2.65 bits per heavy atom. The summed E-state index contributed by atoms with van der Waals surface area (Å²) in [6.45, 7) is 6.27. The van der Waals surface area contributed by atoms with E-state index >= 15 is 0 Å². The highest BCUT2D eigenvalue weighted by Crippen LogP contribution is 2.41. The summed E-state index contributed by atoms with van der Waals surface area (Å²) in [5.41, 5.74) is 2.96. The molecule has 0 aliphatic carbocycles. The number of hydrogen-bond acceptors (Lipinski definition) is 4. The largest absolute Gasteiger partial charge is 0.342 e. The Hall–Kier alpha value is -2.07. The van der Waals surface area contributed by atoms with Crippen LogP contribution in [-0.4, -0.2) is 23.1 Å². The quantitative estimate of drug-likeness (QED) is 0.750. The molecule has 0 saturated heterocycles. The highest BCUT2D eigenvalue weighted by Gasteiger charge is 2.32. The van der Waals surface area contributed by atoms with E-state index in [0.29, 0.717) is 0 Å². The van der Waals surface area contributed by atoms with Crippen LogP contribution in [0.3, 0.4) is 0 Å². The Kier molecular flexibility index (Phi) is 3.10. The molecule has 0 amide bonds. The number of para-hydroxylation sites is 1. The normalized spacial score (nSPS) is 18.1. The van der Waals surface area contributed by atoms with Crippen LogP contribution in [0.15, 0.2) is 48.8 Å². The van der Waals surface area contributed by atoms with Gasteiger partial charge in [-0.05, 0) is 30.7 Å². The number of fused-ring (bicyclic) bond motifs is 1. The topological polar surface area (TPSA) is 32.3 Å². The van der Waals surface area contributed by atoms with Crippen LogP contribution in [0.25, 0.3) is 0 Å². The highest BCUT2D eigenvalue weighted by atomic mass is 35.5. The van der Waals surface area contributed by atoms with Crippen LogP contribution in [-0.2, 0) is 0 Å². The van der Waals surface area contributed by atoms with Gasteiger partial charge >= 0.3 is 0 Å². The lowest BCUT2D eigenvalue weighted by molar-refractivity contribution is 0.742. The molecular weight excluding hydrogens is 272 g/mol. The van der Waals surface area contributed by atoms with Gasteiger partial charge in [-0.15, -0.1) is 0 Å². The van der Waals surface area contributed by atoms with Gasteiger partial charge < -0.3 is 9.80 Å². The third kappa shape index (κ3) is 1.93. The molecule has 1 aromatic heterocycles. The van der Waals surface area contributed by atoms with Gasteiger partial charge in [-0.2, -0.15) is 4.98 Å². The van der Waals surface area contributed by atoms with Crippen LogP contribution in [0.4, 0.5) is 17.2 Å². The van der Waals surface area contributed by atoms with Crippen LogP contribution in [0.5, 0.6) is 0 Å². The Morgan fingerprint density at radius 1 is 1.25 bits per heavy atom. The number of rotatable bonds is 1. The van der Waals surface area contributed by atoms with E-state index in [0.717, 1.165) is 22.9 Å². The summed E-state index contributed by atoms with van der Waals surface area (Å²) in [5.74, 6) is 0.804. The summed E-state index contributed by atoms with van der Waals surface area (Å²) >= 11 is 5.97. The van der Waals surface area contributed by atoms with Crippen molar-refractivity contribution >= 4 is 28.8 Å². The molecular formula is C15H15ClN4. The zero-order valence-electron chi connectivity index (χ0n) is 11.4. The minimum atomic E-state index is 0.0980. The molecule has 0 N–H and O–H groups in total. The highest BCUT2D eigenvalue weighted by molar-refractivity contribution is 6.28. The molecule has 1 aromatic carbocycles. The van der Waals surface area contributed by atoms with E-state index in [9.17, 15) is 0 Å². The zero-order valence-corrected chi connectivity index (χ0v) is 12.2. The second kappa shape index (κ2) is 4.80. The van der Waals surface area contributed by atoms with Gasteiger partial charge in [0.05, 0.1) is 12.2 Å². The van der Waals surface area contributed by atoms with Gasteiger partial charge in [0.1, 0.15) is 5.69 Å². The summed E-state index contributed by atoms with van der Waals surface area (Å²) in [7, 11) is 1.97. The SMILES string of the molecule is C=C1C(C)N(c2ccccc2)c2nc(Cl)ncc2N1C. The van der Waals surface area contributed by atoms with Crippen molar-refractivity contribution in [3.8, 4) is 0 Å². The van der Waals surface area contributed by atoms with E-state index in [4.69, 9.17) is 11.6 Å². The van der Waals surface area contributed by atoms with Crippen molar-refractivity contribution < 1.29 is 0 Å². The third-order valence-electron chi connectivity index (χ3n) is 3.64. The van der Waals surface area contributed by atoms with E-state index in [1.165, 1.54) is 0 Å². The first-order valence-corrected chi connectivity index (χ1v) is 6.76. The molecule has 2 heterocycles. The maximum atomic E-state index is 5.97. The standard InChI is InChI=1S/C15H15ClN4/c1-10-11(2)20(12-7-5-4-6-8-12)14-13(19(10)3)9-17-15(16)18-14/h4-9,11H,1H2,2-3H3. The van der Waals surface area contributed by atoms with Gasteiger partial charge in [-0.3, -0.25) is 0 Å². The van der Waals surface area contributed by atoms with Crippen LogP contribution >= 0.6 is 11.6 Å². The molecule has 0 fully saturated rings. The molecule has 2 aromatic rings. The van der Waals surface area contributed by atoms with Crippen LogP contribution < -0.4 is 9.80 Å². The molecule has 0 spiro atoms. The van der Waals surface area contributed by atoms with E-state index in [1.807, 2.05) is 30.1 Å². The van der Waals surface area contributed by atoms with E-state index in [1.54, 1.807) is 6.20 Å². The summed E-state index contributed by atoms with van der Waals surface area (Å²) in [5, 5.41) is 0.248. The van der Waals surface area contributed by atoms with Gasteiger partial charge in [0.25, 0.3) is 0 Å². The van der Waals surface area contributed by atoms with Crippen LogP contribution in [0, 0.1) is 0 Å². The molecule has 1 atom stereocenters. The fraction of sp³-hybridized carbons (Fsp3) is 0.200. The number of nitrogens with zero attached hydrogens (tertiary/aromatic N) is 4. The fourth-order valence-corrected chi connectivity index (χ4v) is 2.59. The lowest BCUT2D eigenvalue weighted by Gasteiger charge is -2.42. The molecule has 1 aliphatic heterocycles. The second-order valence-electron chi connectivity index (χ2n) is 4.78. The Balaban J connectivity index is 2.21. The number of likely N-dealkylation sites (N-methyl/N-ethyl adjacent to an activating group) is 1. The molecule has 3 rings (SSSR count). The Morgan fingerprint density at radius 2 is 1.95 bits per heavy atom. The first kappa shape index (κ1) is 12.9. The molecule has 0 radical (unpaired) electrons. The van der Waals surface area contributed by atoms with Crippen molar-refractivity contribution in [3.63, 3.8) is 0 Å². The van der Waals surface area contributed by atoms with Gasteiger partial charge in [0, 0.05) is 18.4 Å². The first-order valence-electron chi connectivity index (χ1n) is 6.39. The van der Waals surface area contributed by atoms with Crippen LogP contribution in [0.1, 0.15) is 6.92 Å².